The Morgan fingerprint density at radius 3 is 2.57 bits per heavy atom. The van der Waals surface area contributed by atoms with Crippen molar-refractivity contribution in [2.24, 2.45) is 0 Å². The summed E-state index contributed by atoms with van der Waals surface area (Å²) in [7, 11) is 0. The van der Waals surface area contributed by atoms with Gasteiger partial charge >= 0.3 is 0 Å². The third-order valence-electron chi connectivity index (χ3n) is 4.64. The number of carbonyl (C=O) groups excluding carboxylic acids is 1. The van der Waals surface area contributed by atoms with Crippen molar-refractivity contribution in [2.75, 3.05) is 26.3 Å². The number of nitrogens with zero attached hydrogens (tertiary/aromatic N) is 3. The van der Waals surface area contributed by atoms with Crippen LogP contribution in [0.25, 0.3) is 0 Å². The lowest BCUT2D eigenvalue weighted by Gasteiger charge is -2.25. The number of oxazole rings is 1. The maximum Gasteiger partial charge on any atom is 0.275 e. The number of benzene rings is 1. The van der Waals surface area contributed by atoms with Crippen LogP contribution in [0, 0.1) is 0 Å². The molecule has 0 spiro atoms. The van der Waals surface area contributed by atoms with Gasteiger partial charge in [0.1, 0.15) is 12.0 Å². The van der Waals surface area contributed by atoms with Crippen LogP contribution in [0.3, 0.4) is 0 Å². The molecule has 1 amide bonds. The maximum absolute atomic E-state index is 12.6. The highest BCUT2D eigenvalue weighted by Crippen LogP contribution is 2.15. The predicted molar refractivity (Wildman–Crippen MR) is 101 cm³/mol. The zero-order valence-corrected chi connectivity index (χ0v) is 15.6. The van der Waals surface area contributed by atoms with E-state index in [9.17, 15) is 4.79 Å². The van der Waals surface area contributed by atoms with E-state index in [1.54, 1.807) is 11.2 Å². The largest absolute Gasteiger partial charge is 0.468 e. The van der Waals surface area contributed by atoms with Crippen LogP contribution in [0.4, 0.5) is 0 Å². The number of amides is 1. The van der Waals surface area contributed by atoms with Crippen molar-refractivity contribution >= 4 is 5.91 Å². The lowest BCUT2D eigenvalue weighted by atomic mass is 10.2. The average Bonchev–Trinajstić information content (AvgIpc) is 3.41. The van der Waals surface area contributed by atoms with Crippen LogP contribution in [-0.2, 0) is 24.4 Å². The SMILES string of the molecule is O=C(c1coc(CN(Cc2ccccc2)Cc2ccco2)n1)N1CCOCC1. The summed E-state index contributed by atoms with van der Waals surface area (Å²) in [4.78, 5) is 20.9. The average molecular weight is 381 g/mol. The Kier molecular flexibility index (Phi) is 5.84. The highest BCUT2D eigenvalue weighted by molar-refractivity contribution is 5.92. The normalized spacial score (nSPS) is 14.5. The summed E-state index contributed by atoms with van der Waals surface area (Å²) in [6.45, 7) is 4.11. The smallest absolute Gasteiger partial charge is 0.275 e. The molecule has 1 aliphatic heterocycles. The van der Waals surface area contributed by atoms with Gasteiger partial charge in [0.05, 0.1) is 32.6 Å². The molecule has 0 N–H and O–H groups in total. The number of morpholine rings is 1. The molecule has 0 saturated carbocycles. The van der Waals surface area contributed by atoms with Crippen LogP contribution in [0.15, 0.2) is 63.8 Å². The van der Waals surface area contributed by atoms with Gasteiger partial charge in [-0.2, -0.15) is 0 Å². The Hall–Kier alpha value is -2.90. The second kappa shape index (κ2) is 8.86. The van der Waals surface area contributed by atoms with Gasteiger partial charge < -0.3 is 18.5 Å². The number of carbonyl (C=O) groups is 1. The van der Waals surface area contributed by atoms with Crippen LogP contribution in [0.2, 0.25) is 0 Å². The molecule has 0 bridgehead atoms. The molecule has 0 unspecified atom stereocenters. The zero-order valence-electron chi connectivity index (χ0n) is 15.6. The Morgan fingerprint density at radius 1 is 1.00 bits per heavy atom. The van der Waals surface area contributed by atoms with E-state index in [0.717, 1.165) is 12.3 Å². The molecule has 3 heterocycles. The molecule has 1 aliphatic rings. The molecule has 4 rings (SSSR count). The van der Waals surface area contributed by atoms with Crippen LogP contribution >= 0.6 is 0 Å². The molecule has 1 aromatic carbocycles. The molecule has 7 nitrogen and oxygen atoms in total. The van der Waals surface area contributed by atoms with E-state index in [-0.39, 0.29) is 5.91 Å². The second-order valence-corrected chi connectivity index (χ2v) is 6.74. The molecule has 0 radical (unpaired) electrons. The molecule has 0 atom stereocenters. The Morgan fingerprint density at radius 2 is 1.82 bits per heavy atom. The van der Waals surface area contributed by atoms with Crippen molar-refractivity contribution < 1.29 is 18.4 Å². The predicted octanol–water partition coefficient (Wildman–Crippen LogP) is 2.94. The molecular formula is C21H23N3O4. The van der Waals surface area contributed by atoms with E-state index in [1.165, 1.54) is 11.8 Å². The van der Waals surface area contributed by atoms with Crippen LogP contribution in [0.1, 0.15) is 27.7 Å². The van der Waals surface area contributed by atoms with Crippen molar-refractivity contribution in [3.05, 3.63) is 77.9 Å². The number of ether oxygens (including phenoxy) is 1. The van der Waals surface area contributed by atoms with Crippen molar-refractivity contribution in [1.29, 1.82) is 0 Å². The summed E-state index contributed by atoms with van der Waals surface area (Å²) in [6.07, 6.45) is 3.11. The fourth-order valence-electron chi connectivity index (χ4n) is 3.23. The van der Waals surface area contributed by atoms with E-state index in [4.69, 9.17) is 13.6 Å². The standard InChI is InChI=1S/C21H23N3O4/c25-21(24-8-11-26-12-9-24)19-16-28-20(22-19)15-23(14-18-7-4-10-27-18)13-17-5-2-1-3-6-17/h1-7,10,16H,8-9,11-15H2. The summed E-state index contributed by atoms with van der Waals surface area (Å²) in [6, 6.07) is 14.0. The molecule has 2 aromatic heterocycles. The summed E-state index contributed by atoms with van der Waals surface area (Å²) < 4.78 is 16.4. The first-order valence-electron chi connectivity index (χ1n) is 9.38. The van der Waals surface area contributed by atoms with Gasteiger partial charge in [0.15, 0.2) is 5.69 Å². The molecule has 28 heavy (non-hydrogen) atoms. The topological polar surface area (TPSA) is 72.0 Å². The molecule has 3 aromatic rings. The highest BCUT2D eigenvalue weighted by atomic mass is 16.5. The van der Waals surface area contributed by atoms with Gasteiger partial charge in [-0.05, 0) is 17.7 Å². The van der Waals surface area contributed by atoms with Gasteiger partial charge in [0.2, 0.25) is 5.89 Å². The van der Waals surface area contributed by atoms with Crippen LogP contribution in [-0.4, -0.2) is 47.0 Å². The summed E-state index contributed by atoms with van der Waals surface area (Å²) in [5.74, 6) is 1.27. The monoisotopic (exact) mass is 381 g/mol. The van der Waals surface area contributed by atoms with Crippen LogP contribution < -0.4 is 0 Å². The van der Waals surface area contributed by atoms with E-state index in [0.29, 0.717) is 51.0 Å². The lowest BCUT2D eigenvalue weighted by Crippen LogP contribution is -2.40. The minimum Gasteiger partial charge on any atom is -0.468 e. The van der Waals surface area contributed by atoms with Gasteiger partial charge in [-0.1, -0.05) is 30.3 Å². The molecular weight excluding hydrogens is 358 g/mol. The molecule has 146 valence electrons. The summed E-state index contributed by atoms with van der Waals surface area (Å²) in [5.41, 5.74) is 1.53. The van der Waals surface area contributed by atoms with Gasteiger partial charge in [-0.25, -0.2) is 4.98 Å². The third-order valence-corrected chi connectivity index (χ3v) is 4.64. The number of hydrogen-bond acceptors (Lipinski definition) is 6. The first-order valence-corrected chi connectivity index (χ1v) is 9.38. The quantitative estimate of drug-likeness (QED) is 0.627. The fourth-order valence-corrected chi connectivity index (χ4v) is 3.23. The van der Waals surface area contributed by atoms with Crippen molar-refractivity contribution in [2.45, 2.75) is 19.6 Å². The minimum atomic E-state index is -0.112. The van der Waals surface area contributed by atoms with Crippen molar-refractivity contribution in [3.8, 4) is 0 Å². The van der Waals surface area contributed by atoms with Gasteiger partial charge in [0.25, 0.3) is 5.91 Å². The molecule has 1 saturated heterocycles. The minimum absolute atomic E-state index is 0.112. The van der Waals surface area contributed by atoms with E-state index < -0.39 is 0 Å². The summed E-state index contributed by atoms with van der Waals surface area (Å²) in [5, 5.41) is 0. The van der Waals surface area contributed by atoms with E-state index >= 15 is 0 Å². The number of rotatable bonds is 7. The Bertz CT molecular complexity index is 870. The Labute approximate surface area is 163 Å². The van der Waals surface area contributed by atoms with Gasteiger partial charge in [-0.3, -0.25) is 9.69 Å². The van der Waals surface area contributed by atoms with Crippen molar-refractivity contribution in [3.63, 3.8) is 0 Å². The zero-order chi connectivity index (χ0) is 19.2. The van der Waals surface area contributed by atoms with E-state index in [2.05, 4.69) is 22.0 Å². The lowest BCUT2D eigenvalue weighted by molar-refractivity contribution is 0.0299. The van der Waals surface area contributed by atoms with E-state index in [1.807, 2.05) is 30.3 Å². The number of hydrogen-bond donors (Lipinski definition) is 0. The molecule has 0 aliphatic carbocycles. The van der Waals surface area contributed by atoms with Crippen LogP contribution in [0.5, 0.6) is 0 Å². The number of furan rings is 1. The highest BCUT2D eigenvalue weighted by Gasteiger charge is 2.22. The fraction of sp³-hybridized carbons (Fsp3) is 0.333. The number of aromatic nitrogens is 1. The second-order valence-electron chi connectivity index (χ2n) is 6.74. The van der Waals surface area contributed by atoms with Gasteiger partial charge in [0, 0.05) is 19.6 Å². The van der Waals surface area contributed by atoms with Gasteiger partial charge in [-0.15, -0.1) is 0 Å². The van der Waals surface area contributed by atoms with Crippen molar-refractivity contribution in [1.82, 2.24) is 14.8 Å². The Balaban J connectivity index is 1.45. The molecule has 7 heteroatoms. The first kappa shape index (κ1) is 18.5. The molecule has 1 fully saturated rings. The third kappa shape index (κ3) is 4.68. The maximum atomic E-state index is 12.6. The summed E-state index contributed by atoms with van der Waals surface area (Å²) >= 11 is 0. The first-order chi connectivity index (χ1) is 13.8.